The van der Waals surface area contributed by atoms with Gasteiger partial charge >= 0.3 is 6.09 Å². The van der Waals surface area contributed by atoms with E-state index < -0.39 is 5.60 Å². The van der Waals surface area contributed by atoms with Gasteiger partial charge in [-0.25, -0.2) is 4.79 Å². The summed E-state index contributed by atoms with van der Waals surface area (Å²) in [6, 6.07) is 5.13. The second-order valence-electron chi connectivity index (χ2n) is 7.65. The van der Waals surface area contributed by atoms with E-state index in [1.807, 2.05) is 32.9 Å². The van der Waals surface area contributed by atoms with Gasteiger partial charge in [0.2, 0.25) is 0 Å². The summed E-state index contributed by atoms with van der Waals surface area (Å²) in [5.74, 6) is 0.644. The molecule has 8 heteroatoms. The fourth-order valence-corrected chi connectivity index (χ4v) is 3.45. The van der Waals surface area contributed by atoms with Gasteiger partial charge in [0.1, 0.15) is 11.4 Å². The van der Waals surface area contributed by atoms with E-state index in [2.05, 4.69) is 5.10 Å². The molecular formula is C19H25ClN4O3. The highest BCUT2D eigenvalue weighted by Crippen LogP contribution is 2.37. The fourth-order valence-electron chi connectivity index (χ4n) is 3.21. The number of aromatic nitrogens is 2. The number of methoxy groups -OCH3 is 1. The molecule has 1 aromatic heterocycles. The van der Waals surface area contributed by atoms with Crippen LogP contribution in [-0.4, -0.2) is 46.1 Å². The lowest BCUT2D eigenvalue weighted by atomic mass is 9.90. The molecule has 1 aliphatic heterocycles. The summed E-state index contributed by atoms with van der Waals surface area (Å²) in [5, 5.41) is 4.93. The molecule has 3 rings (SSSR count). The number of nitrogen functional groups attached to an aromatic ring is 1. The summed E-state index contributed by atoms with van der Waals surface area (Å²) in [6.45, 7) is 6.19. The molecule has 1 amide bonds. The van der Waals surface area contributed by atoms with Crippen LogP contribution >= 0.6 is 11.6 Å². The molecule has 2 heterocycles. The van der Waals surface area contributed by atoms with Gasteiger partial charge in [-0.1, -0.05) is 11.6 Å². The second kappa shape index (κ2) is 7.31. The molecule has 1 fully saturated rings. The maximum Gasteiger partial charge on any atom is 0.410 e. The van der Waals surface area contributed by atoms with E-state index in [0.29, 0.717) is 23.0 Å². The number of hydrogen-bond donors (Lipinski definition) is 1. The summed E-state index contributed by atoms with van der Waals surface area (Å²) < 4.78 is 12.7. The number of amides is 1. The van der Waals surface area contributed by atoms with Crippen LogP contribution in [0.5, 0.6) is 5.75 Å². The van der Waals surface area contributed by atoms with Crippen LogP contribution < -0.4 is 10.5 Å². The van der Waals surface area contributed by atoms with E-state index in [0.717, 1.165) is 12.0 Å². The molecule has 0 bridgehead atoms. The molecule has 0 aliphatic carbocycles. The average Bonchev–Trinajstić information content (AvgIpc) is 2.94. The molecule has 0 saturated carbocycles. The number of anilines is 1. The van der Waals surface area contributed by atoms with Crippen molar-refractivity contribution in [3.8, 4) is 5.75 Å². The SMILES string of the molecule is COc1cc(Cl)cc(C([C@H]2CCN2C(=O)OC(C)(C)C)n2cc(N)cn2)c1. The third-order valence-corrected chi connectivity index (χ3v) is 4.65. The van der Waals surface area contributed by atoms with Crippen molar-refractivity contribution in [2.45, 2.75) is 44.9 Å². The molecule has 2 atom stereocenters. The van der Waals surface area contributed by atoms with E-state index in [-0.39, 0.29) is 18.2 Å². The van der Waals surface area contributed by atoms with Crippen molar-refractivity contribution in [3.63, 3.8) is 0 Å². The number of carbonyl (C=O) groups is 1. The monoisotopic (exact) mass is 392 g/mol. The van der Waals surface area contributed by atoms with Crippen molar-refractivity contribution in [1.29, 1.82) is 0 Å². The highest BCUT2D eigenvalue weighted by atomic mass is 35.5. The first kappa shape index (κ1) is 19.4. The first-order valence-electron chi connectivity index (χ1n) is 8.81. The molecule has 2 N–H and O–H groups in total. The van der Waals surface area contributed by atoms with Crippen LogP contribution in [0, 0.1) is 0 Å². The summed E-state index contributed by atoms with van der Waals surface area (Å²) >= 11 is 6.28. The Balaban J connectivity index is 1.96. The van der Waals surface area contributed by atoms with Gasteiger partial charge < -0.3 is 20.1 Å². The van der Waals surface area contributed by atoms with Crippen molar-refractivity contribution in [1.82, 2.24) is 14.7 Å². The topological polar surface area (TPSA) is 82.6 Å². The Morgan fingerprint density at radius 3 is 2.63 bits per heavy atom. The van der Waals surface area contributed by atoms with Crippen LogP contribution in [0.1, 0.15) is 38.8 Å². The van der Waals surface area contributed by atoms with Gasteiger partial charge in [-0.3, -0.25) is 4.68 Å². The third kappa shape index (κ3) is 4.30. The van der Waals surface area contributed by atoms with Crippen LogP contribution in [-0.2, 0) is 4.74 Å². The summed E-state index contributed by atoms with van der Waals surface area (Å²) in [7, 11) is 1.59. The summed E-state index contributed by atoms with van der Waals surface area (Å²) in [6.07, 6.45) is 3.82. The van der Waals surface area contributed by atoms with E-state index in [9.17, 15) is 4.79 Å². The van der Waals surface area contributed by atoms with E-state index in [1.54, 1.807) is 35.2 Å². The van der Waals surface area contributed by atoms with Gasteiger partial charge in [0.15, 0.2) is 0 Å². The van der Waals surface area contributed by atoms with E-state index in [1.165, 1.54) is 0 Å². The standard InChI is InChI=1S/C19H25ClN4O3/c1-19(2,3)27-18(25)23-6-5-16(23)17(24-11-14(21)10-22-24)12-7-13(20)9-15(8-12)26-4/h7-11,16-17H,5-6,21H2,1-4H3/t16-,17?/m1/s1. The number of ether oxygens (including phenoxy) is 2. The molecule has 2 aromatic rings. The maximum absolute atomic E-state index is 12.6. The predicted octanol–water partition coefficient (Wildman–Crippen LogP) is 3.73. The zero-order valence-corrected chi connectivity index (χ0v) is 16.7. The highest BCUT2D eigenvalue weighted by Gasteiger charge is 2.42. The largest absolute Gasteiger partial charge is 0.497 e. The van der Waals surface area contributed by atoms with Crippen molar-refractivity contribution in [3.05, 3.63) is 41.2 Å². The normalized spacial score (nSPS) is 18.0. The number of benzene rings is 1. The Morgan fingerprint density at radius 2 is 2.11 bits per heavy atom. The van der Waals surface area contributed by atoms with Gasteiger partial charge in [-0.2, -0.15) is 5.10 Å². The minimum Gasteiger partial charge on any atom is -0.497 e. The number of likely N-dealkylation sites (tertiary alicyclic amines) is 1. The van der Waals surface area contributed by atoms with Crippen LogP contribution in [0.15, 0.2) is 30.6 Å². The second-order valence-corrected chi connectivity index (χ2v) is 8.09. The Labute approximate surface area is 164 Å². The molecule has 1 saturated heterocycles. The first-order valence-corrected chi connectivity index (χ1v) is 9.19. The molecule has 7 nitrogen and oxygen atoms in total. The smallest absolute Gasteiger partial charge is 0.410 e. The lowest BCUT2D eigenvalue weighted by Crippen LogP contribution is -2.56. The van der Waals surface area contributed by atoms with Gasteiger partial charge in [-0.05, 0) is 51.0 Å². The van der Waals surface area contributed by atoms with Crippen LogP contribution in [0.4, 0.5) is 10.5 Å². The van der Waals surface area contributed by atoms with E-state index >= 15 is 0 Å². The Morgan fingerprint density at radius 1 is 1.37 bits per heavy atom. The number of rotatable bonds is 4. The Hall–Kier alpha value is -2.41. The van der Waals surface area contributed by atoms with Gasteiger partial charge in [0.05, 0.1) is 31.1 Å². The highest BCUT2D eigenvalue weighted by molar-refractivity contribution is 6.30. The Bertz CT molecular complexity index is 831. The lowest BCUT2D eigenvalue weighted by molar-refractivity contribution is -0.0136. The molecule has 0 radical (unpaired) electrons. The van der Waals surface area contributed by atoms with Crippen molar-refractivity contribution in [2.75, 3.05) is 19.4 Å². The number of hydrogen-bond acceptors (Lipinski definition) is 5. The quantitative estimate of drug-likeness (QED) is 0.857. The van der Waals surface area contributed by atoms with Crippen LogP contribution in [0.2, 0.25) is 5.02 Å². The average molecular weight is 393 g/mol. The van der Waals surface area contributed by atoms with Crippen LogP contribution in [0.25, 0.3) is 0 Å². The Kier molecular flexibility index (Phi) is 5.24. The van der Waals surface area contributed by atoms with Crippen molar-refractivity contribution >= 4 is 23.4 Å². The molecule has 27 heavy (non-hydrogen) atoms. The fraction of sp³-hybridized carbons (Fsp3) is 0.474. The summed E-state index contributed by atoms with van der Waals surface area (Å²) in [4.78, 5) is 14.3. The number of nitrogens with two attached hydrogens (primary N) is 1. The minimum atomic E-state index is -0.553. The van der Waals surface area contributed by atoms with Gasteiger partial charge in [0, 0.05) is 17.8 Å². The van der Waals surface area contributed by atoms with Crippen LogP contribution in [0.3, 0.4) is 0 Å². The maximum atomic E-state index is 12.6. The third-order valence-electron chi connectivity index (χ3n) is 4.44. The minimum absolute atomic E-state index is 0.123. The predicted molar refractivity (Wildman–Crippen MR) is 104 cm³/mol. The van der Waals surface area contributed by atoms with Crippen molar-refractivity contribution in [2.24, 2.45) is 0 Å². The van der Waals surface area contributed by atoms with Crippen molar-refractivity contribution < 1.29 is 14.3 Å². The zero-order valence-electron chi connectivity index (χ0n) is 16.0. The molecule has 1 aliphatic rings. The van der Waals surface area contributed by atoms with E-state index in [4.69, 9.17) is 26.8 Å². The molecule has 146 valence electrons. The molecule has 1 aromatic carbocycles. The molecule has 1 unspecified atom stereocenters. The van der Waals surface area contributed by atoms with Gasteiger partial charge in [0.25, 0.3) is 0 Å². The first-order chi connectivity index (χ1) is 12.7. The number of nitrogens with zero attached hydrogens (tertiary/aromatic N) is 3. The number of carbonyl (C=O) groups excluding carboxylic acids is 1. The number of halogens is 1. The molecular weight excluding hydrogens is 368 g/mol. The summed E-state index contributed by atoms with van der Waals surface area (Å²) in [5.41, 5.74) is 6.77. The molecule has 0 spiro atoms. The van der Waals surface area contributed by atoms with Gasteiger partial charge in [-0.15, -0.1) is 0 Å². The lowest BCUT2D eigenvalue weighted by Gasteiger charge is -2.45. The zero-order chi connectivity index (χ0) is 19.8.